The molecule has 1 aromatic heterocycles. The van der Waals surface area contributed by atoms with Crippen molar-refractivity contribution in [2.24, 2.45) is 0 Å². The van der Waals surface area contributed by atoms with Gasteiger partial charge in [0.1, 0.15) is 11.6 Å². The van der Waals surface area contributed by atoms with Crippen LogP contribution < -0.4 is 10.1 Å². The second-order valence-corrected chi connectivity index (χ2v) is 8.11. The second kappa shape index (κ2) is 9.11. The zero-order chi connectivity index (χ0) is 18.4. The Balaban J connectivity index is 1.48. The molecule has 0 fully saturated rings. The molecule has 26 heavy (non-hydrogen) atoms. The molecule has 3 aromatic rings. The summed E-state index contributed by atoms with van der Waals surface area (Å²) in [6.45, 7) is -0.212. The standard InChI is InChI=1S/C17H13BrFN3O2S2/c18-13-8-12(19)6-7-14(13)24-9-15(23)20-16-21-22-17(26-16)25-10-11-4-2-1-3-5-11/h1-8H,9-10H2,(H,20,21,23). The van der Waals surface area contributed by atoms with Crippen molar-refractivity contribution in [3.8, 4) is 5.75 Å². The zero-order valence-electron chi connectivity index (χ0n) is 13.3. The van der Waals surface area contributed by atoms with E-state index in [-0.39, 0.29) is 18.3 Å². The van der Waals surface area contributed by atoms with Crippen molar-refractivity contribution >= 4 is 50.1 Å². The maximum Gasteiger partial charge on any atom is 0.264 e. The Kier molecular flexibility index (Phi) is 6.59. The van der Waals surface area contributed by atoms with Crippen LogP contribution in [0.15, 0.2) is 57.3 Å². The highest BCUT2D eigenvalue weighted by Crippen LogP contribution is 2.28. The molecule has 134 valence electrons. The number of aromatic nitrogens is 2. The molecule has 0 spiro atoms. The Morgan fingerprint density at radius 2 is 2.04 bits per heavy atom. The van der Waals surface area contributed by atoms with Crippen molar-refractivity contribution < 1.29 is 13.9 Å². The molecule has 0 saturated carbocycles. The highest BCUT2D eigenvalue weighted by atomic mass is 79.9. The van der Waals surface area contributed by atoms with Crippen LogP contribution in [0.4, 0.5) is 9.52 Å². The van der Waals surface area contributed by atoms with Crippen LogP contribution in [-0.4, -0.2) is 22.7 Å². The Morgan fingerprint density at radius 3 is 2.81 bits per heavy atom. The molecule has 1 N–H and O–H groups in total. The van der Waals surface area contributed by atoms with E-state index in [0.29, 0.717) is 15.4 Å². The number of carbonyl (C=O) groups excluding carboxylic acids is 1. The summed E-state index contributed by atoms with van der Waals surface area (Å²) in [6.07, 6.45) is 0. The molecule has 2 aromatic carbocycles. The van der Waals surface area contributed by atoms with Crippen LogP contribution in [0.3, 0.4) is 0 Å². The topological polar surface area (TPSA) is 64.1 Å². The quantitative estimate of drug-likeness (QED) is 0.413. The van der Waals surface area contributed by atoms with Gasteiger partial charge in [0.15, 0.2) is 10.9 Å². The van der Waals surface area contributed by atoms with Gasteiger partial charge in [-0.1, -0.05) is 53.4 Å². The van der Waals surface area contributed by atoms with Crippen LogP contribution >= 0.6 is 39.0 Å². The van der Waals surface area contributed by atoms with E-state index in [2.05, 4.69) is 31.4 Å². The second-order valence-electron chi connectivity index (χ2n) is 5.06. The van der Waals surface area contributed by atoms with Gasteiger partial charge in [0.2, 0.25) is 5.13 Å². The number of nitrogens with zero attached hydrogens (tertiary/aromatic N) is 2. The average Bonchev–Trinajstić information content (AvgIpc) is 3.07. The van der Waals surface area contributed by atoms with E-state index in [9.17, 15) is 9.18 Å². The number of nitrogens with one attached hydrogen (secondary N) is 1. The lowest BCUT2D eigenvalue weighted by Gasteiger charge is -2.07. The fourth-order valence-corrected chi connectivity index (χ4v) is 4.12. The first kappa shape index (κ1) is 18.8. The molecule has 0 aliphatic heterocycles. The van der Waals surface area contributed by atoms with Crippen LogP contribution in [0, 0.1) is 5.82 Å². The zero-order valence-corrected chi connectivity index (χ0v) is 16.5. The van der Waals surface area contributed by atoms with Crippen molar-refractivity contribution in [3.63, 3.8) is 0 Å². The number of hydrogen-bond donors (Lipinski definition) is 1. The number of ether oxygens (including phenoxy) is 1. The first-order valence-electron chi connectivity index (χ1n) is 7.48. The van der Waals surface area contributed by atoms with E-state index in [1.807, 2.05) is 30.3 Å². The number of amides is 1. The van der Waals surface area contributed by atoms with Gasteiger partial charge >= 0.3 is 0 Å². The lowest BCUT2D eigenvalue weighted by molar-refractivity contribution is -0.118. The van der Waals surface area contributed by atoms with Crippen LogP contribution in [0.1, 0.15) is 5.56 Å². The summed E-state index contributed by atoms with van der Waals surface area (Å²) < 4.78 is 19.6. The normalized spacial score (nSPS) is 10.5. The summed E-state index contributed by atoms with van der Waals surface area (Å²) in [4.78, 5) is 12.0. The number of benzene rings is 2. The third kappa shape index (κ3) is 5.52. The highest BCUT2D eigenvalue weighted by molar-refractivity contribution is 9.10. The van der Waals surface area contributed by atoms with Crippen molar-refractivity contribution in [2.75, 3.05) is 11.9 Å². The molecule has 1 heterocycles. The lowest BCUT2D eigenvalue weighted by atomic mass is 10.2. The minimum absolute atomic E-state index is 0.212. The first-order chi connectivity index (χ1) is 12.6. The fraction of sp³-hybridized carbons (Fsp3) is 0.118. The number of anilines is 1. The summed E-state index contributed by atoms with van der Waals surface area (Å²) in [5.41, 5.74) is 1.19. The predicted molar refractivity (Wildman–Crippen MR) is 104 cm³/mol. The molecule has 5 nitrogen and oxygen atoms in total. The van der Waals surface area contributed by atoms with E-state index in [0.717, 1.165) is 10.1 Å². The summed E-state index contributed by atoms with van der Waals surface area (Å²) in [6, 6.07) is 14.0. The van der Waals surface area contributed by atoms with Gasteiger partial charge in [-0.2, -0.15) is 0 Å². The molecule has 3 rings (SSSR count). The molecule has 0 saturated heterocycles. The molecule has 0 radical (unpaired) electrons. The van der Waals surface area contributed by atoms with Crippen molar-refractivity contribution in [2.45, 2.75) is 10.1 Å². The van der Waals surface area contributed by atoms with E-state index in [1.165, 1.54) is 35.1 Å². The molecule has 0 bridgehead atoms. The summed E-state index contributed by atoms with van der Waals surface area (Å²) in [5.74, 6) is 0.420. The van der Waals surface area contributed by atoms with Crippen molar-refractivity contribution in [3.05, 3.63) is 64.4 Å². The molecule has 9 heteroatoms. The summed E-state index contributed by atoms with van der Waals surface area (Å²) in [5, 5.41) is 11.1. The largest absolute Gasteiger partial charge is 0.483 e. The van der Waals surface area contributed by atoms with Crippen molar-refractivity contribution in [1.29, 1.82) is 0 Å². The fourth-order valence-electron chi connectivity index (χ4n) is 1.93. The van der Waals surface area contributed by atoms with Gasteiger partial charge in [-0.25, -0.2) is 4.39 Å². The van der Waals surface area contributed by atoms with Gasteiger partial charge in [-0.3, -0.25) is 10.1 Å². The van der Waals surface area contributed by atoms with E-state index in [4.69, 9.17) is 4.74 Å². The third-order valence-corrected chi connectivity index (χ3v) is 5.77. The van der Waals surface area contributed by atoms with Gasteiger partial charge in [0.05, 0.1) is 4.47 Å². The smallest absolute Gasteiger partial charge is 0.264 e. The van der Waals surface area contributed by atoms with Crippen molar-refractivity contribution in [1.82, 2.24) is 10.2 Å². The van der Waals surface area contributed by atoms with Crippen LogP contribution in [0.2, 0.25) is 0 Å². The molecular formula is C17H13BrFN3O2S2. The molecule has 0 aliphatic carbocycles. The number of thioether (sulfide) groups is 1. The Hall–Kier alpha value is -1.97. The Bertz CT molecular complexity index is 893. The lowest BCUT2D eigenvalue weighted by Crippen LogP contribution is -2.20. The van der Waals surface area contributed by atoms with Crippen LogP contribution in [0.25, 0.3) is 0 Å². The molecule has 0 atom stereocenters. The van der Waals surface area contributed by atoms with Crippen LogP contribution in [-0.2, 0) is 10.5 Å². The van der Waals surface area contributed by atoms with Gasteiger partial charge < -0.3 is 4.74 Å². The minimum atomic E-state index is -0.386. The van der Waals surface area contributed by atoms with Gasteiger partial charge in [-0.15, -0.1) is 10.2 Å². The maximum absolute atomic E-state index is 13.0. The molecule has 1 amide bonds. The Morgan fingerprint density at radius 1 is 1.23 bits per heavy atom. The maximum atomic E-state index is 13.0. The average molecular weight is 454 g/mol. The van der Waals surface area contributed by atoms with E-state index >= 15 is 0 Å². The predicted octanol–water partition coefficient (Wildman–Crippen LogP) is 4.75. The summed E-state index contributed by atoms with van der Waals surface area (Å²) in [7, 11) is 0. The van der Waals surface area contributed by atoms with Crippen LogP contribution in [0.5, 0.6) is 5.75 Å². The first-order valence-corrected chi connectivity index (χ1v) is 10.1. The van der Waals surface area contributed by atoms with E-state index < -0.39 is 0 Å². The Labute approximate surface area is 166 Å². The van der Waals surface area contributed by atoms with E-state index in [1.54, 1.807) is 11.8 Å². The third-order valence-electron chi connectivity index (χ3n) is 3.11. The summed E-state index contributed by atoms with van der Waals surface area (Å²) >= 11 is 6.04. The highest BCUT2D eigenvalue weighted by Gasteiger charge is 2.11. The molecule has 0 unspecified atom stereocenters. The SMILES string of the molecule is O=C(COc1ccc(F)cc1Br)Nc1nnc(SCc2ccccc2)s1. The van der Waals surface area contributed by atoms with Gasteiger partial charge in [0, 0.05) is 5.75 Å². The number of halogens is 2. The number of carbonyl (C=O) groups is 1. The molecular weight excluding hydrogens is 441 g/mol. The monoisotopic (exact) mass is 453 g/mol. The van der Waals surface area contributed by atoms with Gasteiger partial charge in [0.25, 0.3) is 5.91 Å². The molecule has 0 aliphatic rings. The number of rotatable bonds is 7. The number of hydrogen-bond acceptors (Lipinski definition) is 6. The van der Waals surface area contributed by atoms with Gasteiger partial charge in [-0.05, 0) is 39.7 Å². The minimum Gasteiger partial charge on any atom is -0.483 e.